The molecule has 126 valence electrons. The maximum absolute atomic E-state index is 6.08. The molecular formula is C21H31NO. The van der Waals surface area contributed by atoms with Crippen LogP contribution in [-0.2, 0) is 17.6 Å². The smallest absolute Gasteiger partial charge is 0.0649 e. The van der Waals surface area contributed by atoms with E-state index in [0.29, 0.717) is 17.9 Å². The Morgan fingerprint density at radius 3 is 2.83 bits per heavy atom. The lowest BCUT2D eigenvalue weighted by molar-refractivity contribution is 0.116. The number of benzene rings is 1. The maximum atomic E-state index is 6.08. The predicted molar refractivity (Wildman–Crippen MR) is 96.8 cm³/mol. The first-order valence-electron chi connectivity index (χ1n) is 9.20. The number of nitrogens with two attached hydrogens (primary N) is 1. The Morgan fingerprint density at radius 2 is 2.09 bits per heavy atom. The molecule has 2 N–H and O–H groups in total. The van der Waals surface area contributed by atoms with E-state index in [4.69, 9.17) is 10.5 Å². The van der Waals surface area contributed by atoms with Crippen molar-refractivity contribution in [2.75, 3.05) is 13.2 Å². The van der Waals surface area contributed by atoms with Gasteiger partial charge in [-0.15, -0.1) is 0 Å². The molecule has 1 aromatic rings. The van der Waals surface area contributed by atoms with E-state index in [0.717, 1.165) is 13.2 Å². The van der Waals surface area contributed by atoms with Gasteiger partial charge >= 0.3 is 0 Å². The van der Waals surface area contributed by atoms with Crippen molar-refractivity contribution in [1.29, 1.82) is 0 Å². The van der Waals surface area contributed by atoms with Gasteiger partial charge < -0.3 is 10.5 Å². The zero-order chi connectivity index (χ0) is 16.2. The molecule has 0 aliphatic heterocycles. The summed E-state index contributed by atoms with van der Waals surface area (Å²) in [5.41, 5.74) is 12.0. The fourth-order valence-electron chi connectivity index (χ4n) is 4.03. The average molecular weight is 313 g/mol. The van der Waals surface area contributed by atoms with Gasteiger partial charge in [0.25, 0.3) is 0 Å². The molecule has 0 spiro atoms. The molecule has 0 saturated heterocycles. The molecule has 2 heteroatoms. The zero-order valence-electron chi connectivity index (χ0n) is 14.7. The van der Waals surface area contributed by atoms with Crippen LogP contribution in [0, 0.1) is 5.92 Å². The third-order valence-corrected chi connectivity index (χ3v) is 5.47. The topological polar surface area (TPSA) is 35.2 Å². The molecule has 0 heterocycles. The summed E-state index contributed by atoms with van der Waals surface area (Å²) in [7, 11) is 0. The van der Waals surface area contributed by atoms with Crippen LogP contribution in [0.25, 0.3) is 0 Å². The number of fused-ring (bicyclic) bond motifs is 1. The van der Waals surface area contributed by atoms with Crippen LogP contribution in [-0.4, -0.2) is 19.3 Å². The molecule has 3 atom stereocenters. The Labute approximate surface area is 141 Å². The molecule has 23 heavy (non-hydrogen) atoms. The van der Waals surface area contributed by atoms with E-state index in [1.54, 1.807) is 5.56 Å². The number of rotatable bonds is 5. The third kappa shape index (κ3) is 4.45. The highest BCUT2D eigenvalue weighted by Crippen LogP contribution is 2.36. The maximum Gasteiger partial charge on any atom is 0.0649 e. The minimum Gasteiger partial charge on any atom is -0.377 e. The van der Waals surface area contributed by atoms with E-state index in [1.807, 2.05) is 0 Å². The molecule has 1 saturated carbocycles. The number of aryl methyl sites for hydroxylation is 1. The number of allylic oxidation sites excluding steroid dienone is 1. The second-order valence-electron chi connectivity index (χ2n) is 7.73. The molecule has 2 aliphatic rings. The quantitative estimate of drug-likeness (QED) is 0.647. The van der Waals surface area contributed by atoms with E-state index >= 15 is 0 Å². The third-order valence-electron chi connectivity index (χ3n) is 5.47. The van der Waals surface area contributed by atoms with E-state index in [2.05, 4.69) is 38.1 Å². The summed E-state index contributed by atoms with van der Waals surface area (Å²) in [4.78, 5) is 0. The highest BCUT2D eigenvalue weighted by atomic mass is 16.5. The van der Waals surface area contributed by atoms with E-state index < -0.39 is 0 Å². The zero-order valence-corrected chi connectivity index (χ0v) is 14.7. The Morgan fingerprint density at radius 1 is 1.22 bits per heavy atom. The first-order chi connectivity index (χ1) is 11.1. The number of hydrogen-bond donors (Lipinski definition) is 1. The monoisotopic (exact) mass is 313 g/mol. The normalized spacial score (nSPS) is 26.8. The van der Waals surface area contributed by atoms with Crippen LogP contribution in [0.3, 0.4) is 0 Å². The van der Waals surface area contributed by atoms with Crippen molar-refractivity contribution in [2.45, 2.75) is 64.3 Å². The van der Waals surface area contributed by atoms with Crippen LogP contribution in [0.4, 0.5) is 0 Å². The Hall–Kier alpha value is -1.12. The standard InChI is InChI=1S/C21H31NO/c1-15(2)9-10-23-14-16-3-4-18-12-19(6-5-17(18)11-16)20-7-8-21(22)13-20/h5-6,9,12,16,20-21H,3-4,7-8,10-11,13-14,22H2,1-2H3. The minimum atomic E-state index is 0.415. The van der Waals surface area contributed by atoms with Crippen LogP contribution < -0.4 is 5.73 Å². The van der Waals surface area contributed by atoms with Gasteiger partial charge in [0.05, 0.1) is 13.2 Å². The molecule has 0 radical (unpaired) electrons. The van der Waals surface area contributed by atoms with Crippen molar-refractivity contribution in [3.8, 4) is 0 Å². The molecule has 1 aromatic carbocycles. The van der Waals surface area contributed by atoms with E-state index in [9.17, 15) is 0 Å². The highest BCUT2D eigenvalue weighted by molar-refractivity contribution is 5.36. The summed E-state index contributed by atoms with van der Waals surface area (Å²) in [6.07, 6.45) is 9.42. The van der Waals surface area contributed by atoms with Gasteiger partial charge in [-0.3, -0.25) is 0 Å². The average Bonchev–Trinajstić information content (AvgIpc) is 2.97. The number of hydrogen-bond acceptors (Lipinski definition) is 2. The van der Waals surface area contributed by atoms with Gasteiger partial charge in [-0.2, -0.15) is 0 Å². The second kappa shape index (κ2) is 7.63. The van der Waals surface area contributed by atoms with Crippen LogP contribution in [0.1, 0.15) is 62.1 Å². The van der Waals surface area contributed by atoms with Crippen molar-refractivity contribution in [2.24, 2.45) is 11.7 Å². The van der Waals surface area contributed by atoms with Crippen molar-refractivity contribution in [3.63, 3.8) is 0 Å². The van der Waals surface area contributed by atoms with Gasteiger partial charge in [0.15, 0.2) is 0 Å². The molecule has 2 aliphatic carbocycles. The molecule has 2 nitrogen and oxygen atoms in total. The van der Waals surface area contributed by atoms with Crippen molar-refractivity contribution in [1.82, 2.24) is 0 Å². The van der Waals surface area contributed by atoms with Gasteiger partial charge in [-0.1, -0.05) is 29.8 Å². The minimum absolute atomic E-state index is 0.415. The van der Waals surface area contributed by atoms with Crippen LogP contribution in [0.2, 0.25) is 0 Å². The van der Waals surface area contributed by atoms with Crippen LogP contribution >= 0.6 is 0 Å². The molecule has 0 bridgehead atoms. The molecule has 3 rings (SSSR count). The van der Waals surface area contributed by atoms with Gasteiger partial charge in [-0.05, 0) is 80.9 Å². The lowest BCUT2D eigenvalue weighted by Gasteiger charge is -2.25. The Bertz CT molecular complexity index is 559. The predicted octanol–water partition coefficient (Wildman–Crippen LogP) is 4.37. The summed E-state index contributed by atoms with van der Waals surface area (Å²) < 4.78 is 5.83. The largest absolute Gasteiger partial charge is 0.377 e. The summed E-state index contributed by atoms with van der Waals surface area (Å²) in [5, 5.41) is 0. The van der Waals surface area contributed by atoms with Crippen LogP contribution in [0.5, 0.6) is 0 Å². The van der Waals surface area contributed by atoms with E-state index in [-0.39, 0.29) is 0 Å². The van der Waals surface area contributed by atoms with Crippen molar-refractivity contribution < 1.29 is 4.74 Å². The summed E-state index contributed by atoms with van der Waals surface area (Å²) >= 11 is 0. The Balaban J connectivity index is 1.56. The van der Waals surface area contributed by atoms with E-state index in [1.165, 1.54) is 55.2 Å². The summed E-state index contributed by atoms with van der Waals surface area (Å²) in [6, 6.07) is 7.61. The first-order valence-corrected chi connectivity index (χ1v) is 9.20. The summed E-state index contributed by atoms with van der Waals surface area (Å²) in [5.74, 6) is 1.37. The lowest BCUT2D eigenvalue weighted by atomic mass is 9.82. The van der Waals surface area contributed by atoms with Crippen molar-refractivity contribution in [3.05, 3.63) is 46.5 Å². The SMILES string of the molecule is CC(C)=CCOCC1CCc2cc(C3CCC(N)C3)ccc2C1. The fraction of sp³-hybridized carbons (Fsp3) is 0.619. The molecular weight excluding hydrogens is 282 g/mol. The lowest BCUT2D eigenvalue weighted by Crippen LogP contribution is -2.19. The van der Waals surface area contributed by atoms with Gasteiger partial charge in [0.1, 0.15) is 0 Å². The molecule has 0 aromatic heterocycles. The second-order valence-corrected chi connectivity index (χ2v) is 7.73. The van der Waals surface area contributed by atoms with Gasteiger partial charge in [-0.25, -0.2) is 0 Å². The fourth-order valence-corrected chi connectivity index (χ4v) is 4.03. The summed E-state index contributed by atoms with van der Waals surface area (Å²) in [6.45, 7) is 5.89. The first kappa shape index (κ1) is 16.7. The Kier molecular flexibility index (Phi) is 5.55. The molecule has 0 amide bonds. The van der Waals surface area contributed by atoms with Crippen molar-refractivity contribution >= 4 is 0 Å². The number of ether oxygens (including phenoxy) is 1. The van der Waals surface area contributed by atoms with Gasteiger partial charge in [0.2, 0.25) is 0 Å². The molecule has 1 fully saturated rings. The van der Waals surface area contributed by atoms with Gasteiger partial charge in [0, 0.05) is 6.04 Å². The highest BCUT2D eigenvalue weighted by Gasteiger charge is 2.25. The molecule has 3 unspecified atom stereocenters. The van der Waals surface area contributed by atoms with Crippen LogP contribution in [0.15, 0.2) is 29.8 Å².